The van der Waals surface area contributed by atoms with Crippen LogP contribution in [0.25, 0.3) is 0 Å². The average Bonchev–Trinajstić information content (AvgIpc) is 2.91. The second-order valence-electron chi connectivity index (χ2n) is 7.04. The molecule has 0 radical (unpaired) electrons. The van der Waals surface area contributed by atoms with Crippen LogP contribution in [-0.4, -0.2) is 31.1 Å². The standard InChI is InChI=1S/C19H27FN2O2.ClH/c20-15-3-7-18(8-4-15)24-10-2-1-9-21-19(23)13-14-11-16-5-6-17(12-14)22-16;/h3-4,7-8,14,16-17,22H,1-2,5-6,9-13H2,(H,21,23);1H. The van der Waals surface area contributed by atoms with Gasteiger partial charge in [0.05, 0.1) is 6.61 Å². The van der Waals surface area contributed by atoms with E-state index in [4.69, 9.17) is 4.74 Å². The van der Waals surface area contributed by atoms with Crippen LogP contribution in [0.2, 0.25) is 0 Å². The lowest BCUT2D eigenvalue weighted by Crippen LogP contribution is -2.39. The number of ether oxygens (including phenoxy) is 1. The molecule has 0 aromatic heterocycles. The summed E-state index contributed by atoms with van der Waals surface area (Å²) in [6.07, 6.45) is 7.28. The van der Waals surface area contributed by atoms with Gasteiger partial charge < -0.3 is 15.4 Å². The number of halogens is 2. The van der Waals surface area contributed by atoms with Crippen molar-refractivity contribution < 1.29 is 13.9 Å². The van der Waals surface area contributed by atoms with Crippen LogP contribution in [0.15, 0.2) is 24.3 Å². The molecule has 1 amide bonds. The molecule has 6 heteroatoms. The molecule has 0 spiro atoms. The van der Waals surface area contributed by atoms with E-state index in [-0.39, 0.29) is 24.1 Å². The number of unbranched alkanes of at least 4 members (excludes halogenated alkanes) is 1. The molecule has 2 aliphatic rings. The van der Waals surface area contributed by atoms with Crippen molar-refractivity contribution in [3.8, 4) is 5.75 Å². The number of amides is 1. The van der Waals surface area contributed by atoms with Gasteiger partial charge in [-0.15, -0.1) is 12.4 Å². The highest BCUT2D eigenvalue weighted by atomic mass is 35.5. The number of rotatable bonds is 8. The first kappa shape index (κ1) is 20.0. The molecule has 140 valence electrons. The highest BCUT2D eigenvalue weighted by Crippen LogP contribution is 2.32. The predicted molar refractivity (Wildman–Crippen MR) is 98.7 cm³/mol. The molecule has 0 saturated carbocycles. The fourth-order valence-corrected chi connectivity index (χ4v) is 3.85. The van der Waals surface area contributed by atoms with Crippen LogP contribution in [0.5, 0.6) is 5.75 Å². The summed E-state index contributed by atoms with van der Waals surface area (Å²) >= 11 is 0. The number of hydrogen-bond acceptors (Lipinski definition) is 3. The molecule has 2 aliphatic heterocycles. The zero-order valence-electron chi connectivity index (χ0n) is 14.5. The van der Waals surface area contributed by atoms with Crippen molar-refractivity contribution >= 4 is 18.3 Å². The fourth-order valence-electron chi connectivity index (χ4n) is 3.85. The number of carbonyl (C=O) groups excluding carboxylic acids is 1. The molecule has 2 heterocycles. The first-order valence-electron chi connectivity index (χ1n) is 9.10. The second-order valence-corrected chi connectivity index (χ2v) is 7.04. The Kier molecular flexibility index (Phi) is 7.97. The first-order valence-corrected chi connectivity index (χ1v) is 9.10. The second kappa shape index (κ2) is 9.97. The number of nitrogens with one attached hydrogen (secondary N) is 2. The lowest BCUT2D eigenvalue weighted by Gasteiger charge is -2.28. The number of fused-ring (bicyclic) bond motifs is 2. The normalized spacial score (nSPS) is 24.4. The maximum Gasteiger partial charge on any atom is 0.220 e. The Morgan fingerprint density at radius 1 is 1.16 bits per heavy atom. The van der Waals surface area contributed by atoms with Crippen LogP contribution in [0.4, 0.5) is 4.39 Å². The molecule has 3 rings (SSSR count). The van der Waals surface area contributed by atoms with Crippen molar-refractivity contribution in [2.75, 3.05) is 13.2 Å². The van der Waals surface area contributed by atoms with Gasteiger partial charge in [-0.05, 0) is 68.7 Å². The quantitative estimate of drug-likeness (QED) is 0.689. The SMILES string of the molecule is Cl.O=C(CC1CC2CCC(C1)N2)NCCCCOc1ccc(F)cc1. The first-order chi connectivity index (χ1) is 11.7. The van der Waals surface area contributed by atoms with E-state index in [9.17, 15) is 9.18 Å². The Bertz CT molecular complexity index is 529. The minimum Gasteiger partial charge on any atom is -0.494 e. The Labute approximate surface area is 155 Å². The number of carbonyl (C=O) groups is 1. The van der Waals surface area contributed by atoms with Crippen LogP contribution in [-0.2, 0) is 4.79 Å². The van der Waals surface area contributed by atoms with Crippen LogP contribution in [0, 0.1) is 11.7 Å². The summed E-state index contributed by atoms with van der Waals surface area (Å²) in [5.41, 5.74) is 0. The highest BCUT2D eigenvalue weighted by molar-refractivity contribution is 5.85. The third-order valence-corrected chi connectivity index (χ3v) is 5.02. The van der Waals surface area contributed by atoms with E-state index in [2.05, 4.69) is 10.6 Å². The third kappa shape index (κ3) is 6.48. The molecule has 4 nitrogen and oxygen atoms in total. The topological polar surface area (TPSA) is 50.4 Å². The minimum absolute atomic E-state index is 0. The van der Waals surface area contributed by atoms with Crippen molar-refractivity contribution in [1.29, 1.82) is 0 Å². The van der Waals surface area contributed by atoms with Gasteiger partial charge in [0.1, 0.15) is 11.6 Å². The van der Waals surface area contributed by atoms with Gasteiger partial charge in [-0.3, -0.25) is 4.79 Å². The number of benzene rings is 1. The van der Waals surface area contributed by atoms with E-state index in [1.54, 1.807) is 12.1 Å². The largest absolute Gasteiger partial charge is 0.494 e. The average molecular weight is 371 g/mol. The number of piperidine rings is 1. The maximum absolute atomic E-state index is 12.8. The molecule has 2 unspecified atom stereocenters. The van der Waals surface area contributed by atoms with Gasteiger partial charge in [-0.2, -0.15) is 0 Å². The lowest BCUT2D eigenvalue weighted by molar-refractivity contribution is -0.122. The van der Waals surface area contributed by atoms with Crippen LogP contribution < -0.4 is 15.4 Å². The minimum atomic E-state index is -0.258. The fraction of sp³-hybridized carbons (Fsp3) is 0.632. The molecule has 25 heavy (non-hydrogen) atoms. The van der Waals surface area contributed by atoms with Crippen molar-refractivity contribution in [2.24, 2.45) is 5.92 Å². The molecule has 2 bridgehead atoms. The summed E-state index contributed by atoms with van der Waals surface area (Å²) in [5.74, 6) is 1.15. The molecular formula is C19H28ClFN2O2. The highest BCUT2D eigenvalue weighted by Gasteiger charge is 2.33. The van der Waals surface area contributed by atoms with Crippen LogP contribution in [0.1, 0.15) is 44.9 Å². The molecule has 2 N–H and O–H groups in total. The van der Waals surface area contributed by atoms with E-state index >= 15 is 0 Å². The molecule has 2 saturated heterocycles. The zero-order chi connectivity index (χ0) is 16.8. The van der Waals surface area contributed by atoms with Gasteiger partial charge in [0.15, 0.2) is 0 Å². The Balaban J connectivity index is 0.00000225. The summed E-state index contributed by atoms with van der Waals surface area (Å²) in [6, 6.07) is 7.33. The summed E-state index contributed by atoms with van der Waals surface area (Å²) in [6.45, 7) is 1.28. The van der Waals surface area contributed by atoms with Gasteiger partial charge in [-0.25, -0.2) is 4.39 Å². The van der Waals surface area contributed by atoms with Gasteiger partial charge in [-0.1, -0.05) is 0 Å². The summed E-state index contributed by atoms with van der Waals surface area (Å²) in [7, 11) is 0. The Hall–Kier alpha value is -1.33. The molecule has 2 fully saturated rings. The van der Waals surface area contributed by atoms with E-state index in [0.29, 0.717) is 43.3 Å². The monoisotopic (exact) mass is 370 g/mol. The van der Waals surface area contributed by atoms with Crippen molar-refractivity contribution in [1.82, 2.24) is 10.6 Å². The third-order valence-electron chi connectivity index (χ3n) is 5.02. The smallest absolute Gasteiger partial charge is 0.220 e. The van der Waals surface area contributed by atoms with Gasteiger partial charge in [0.25, 0.3) is 0 Å². The summed E-state index contributed by atoms with van der Waals surface area (Å²) < 4.78 is 18.3. The molecule has 1 aromatic carbocycles. The predicted octanol–water partition coefficient (Wildman–Crippen LogP) is 3.44. The van der Waals surface area contributed by atoms with E-state index in [0.717, 1.165) is 25.7 Å². The zero-order valence-corrected chi connectivity index (χ0v) is 15.3. The molecule has 2 atom stereocenters. The maximum atomic E-state index is 12.8. The van der Waals surface area contributed by atoms with Gasteiger partial charge in [0.2, 0.25) is 5.91 Å². The van der Waals surface area contributed by atoms with E-state index in [1.807, 2.05) is 0 Å². The van der Waals surface area contributed by atoms with Gasteiger partial charge >= 0.3 is 0 Å². The van der Waals surface area contributed by atoms with Crippen molar-refractivity contribution in [3.63, 3.8) is 0 Å². The summed E-state index contributed by atoms with van der Waals surface area (Å²) in [5, 5.41) is 6.63. The Morgan fingerprint density at radius 2 is 1.84 bits per heavy atom. The Morgan fingerprint density at radius 3 is 2.52 bits per heavy atom. The molecular weight excluding hydrogens is 343 g/mol. The number of hydrogen-bond donors (Lipinski definition) is 2. The van der Waals surface area contributed by atoms with Crippen LogP contribution in [0.3, 0.4) is 0 Å². The van der Waals surface area contributed by atoms with Crippen molar-refractivity contribution in [2.45, 2.75) is 57.0 Å². The molecule has 0 aliphatic carbocycles. The van der Waals surface area contributed by atoms with Gasteiger partial charge in [0, 0.05) is 25.0 Å². The van der Waals surface area contributed by atoms with E-state index in [1.165, 1.54) is 25.0 Å². The van der Waals surface area contributed by atoms with Crippen LogP contribution >= 0.6 is 12.4 Å². The molecule has 1 aromatic rings. The summed E-state index contributed by atoms with van der Waals surface area (Å²) in [4.78, 5) is 12.0. The lowest BCUT2D eigenvalue weighted by atomic mass is 9.89. The van der Waals surface area contributed by atoms with Crippen molar-refractivity contribution in [3.05, 3.63) is 30.1 Å². The van der Waals surface area contributed by atoms with E-state index < -0.39 is 0 Å².